The summed E-state index contributed by atoms with van der Waals surface area (Å²) in [6, 6.07) is 0. The van der Waals surface area contributed by atoms with Crippen LogP contribution in [0.3, 0.4) is 0 Å². The van der Waals surface area contributed by atoms with Crippen LogP contribution in [0.2, 0.25) is 0 Å². The zero-order valence-corrected chi connectivity index (χ0v) is 8.69. The summed E-state index contributed by atoms with van der Waals surface area (Å²) in [6.07, 6.45) is -2.09. The average Bonchev–Trinajstić information content (AvgIpc) is 2.45. The van der Waals surface area contributed by atoms with Crippen LogP contribution in [0.25, 0.3) is 0 Å². The van der Waals surface area contributed by atoms with E-state index in [1.165, 1.54) is 0 Å². The summed E-state index contributed by atoms with van der Waals surface area (Å²) in [6.45, 7) is 1.73. The van der Waals surface area contributed by atoms with Crippen LogP contribution in [0.4, 0.5) is 8.78 Å². The molecule has 80 valence electrons. The molecule has 0 aliphatic carbocycles. The highest BCUT2D eigenvalue weighted by atomic mass is 35.7. The highest BCUT2D eigenvalue weighted by molar-refractivity contribution is 8.13. The fraction of sp³-hybridized carbons (Fsp3) is 0.500. The molecule has 1 heterocycles. The zero-order valence-electron chi connectivity index (χ0n) is 7.11. The summed E-state index contributed by atoms with van der Waals surface area (Å²) in [5.41, 5.74) is -0.664. The van der Waals surface area contributed by atoms with Crippen LogP contribution in [0.15, 0.2) is 11.1 Å². The third-order valence-electron chi connectivity index (χ3n) is 1.61. The molecule has 0 unspecified atom stereocenters. The Morgan fingerprint density at radius 1 is 1.64 bits per heavy atom. The number of aryl methyl sites for hydroxylation is 1. The van der Waals surface area contributed by atoms with Crippen molar-refractivity contribution in [3.63, 3.8) is 0 Å². The van der Waals surface area contributed by atoms with Crippen molar-refractivity contribution in [1.82, 2.24) is 9.78 Å². The monoisotopic (exact) mass is 244 g/mol. The maximum Gasteiger partial charge on any atom is 0.281 e. The molecule has 0 aliphatic heterocycles. The summed E-state index contributed by atoms with van der Waals surface area (Å²) < 4.78 is 47.5. The largest absolute Gasteiger partial charge is 0.281 e. The Balaban J connectivity index is 3.40. The fourth-order valence-electron chi connectivity index (χ4n) is 1.04. The standard InChI is InChI=1S/C6H7ClF2N2O2S/c1-2-11-5(6(8)9)4(3-10-11)14(7,12)13/h3,6H,2H2,1H3. The summed E-state index contributed by atoms with van der Waals surface area (Å²) in [5.74, 6) is 0. The number of hydrogen-bond donors (Lipinski definition) is 0. The number of hydrogen-bond acceptors (Lipinski definition) is 3. The third kappa shape index (κ3) is 2.03. The lowest BCUT2D eigenvalue weighted by molar-refractivity contribution is 0.136. The molecule has 1 rings (SSSR count). The molecule has 0 aromatic carbocycles. The van der Waals surface area contributed by atoms with E-state index in [2.05, 4.69) is 5.10 Å². The van der Waals surface area contributed by atoms with Crippen molar-refractivity contribution in [3.8, 4) is 0 Å². The van der Waals surface area contributed by atoms with Crippen LogP contribution in [0.1, 0.15) is 19.0 Å². The molecular weight excluding hydrogens is 238 g/mol. The van der Waals surface area contributed by atoms with Crippen molar-refractivity contribution in [1.29, 1.82) is 0 Å². The molecule has 0 fully saturated rings. The predicted octanol–water partition coefficient (Wildman–Crippen LogP) is 1.77. The minimum Gasteiger partial charge on any atom is -0.263 e. The van der Waals surface area contributed by atoms with Crippen LogP contribution in [0, 0.1) is 0 Å². The van der Waals surface area contributed by atoms with Gasteiger partial charge in [0, 0.05) is 17.2 Å². The number of nitrogens with zero attached hydrogens (tertiary/aromatic N) is 2. The van der Waals surface area contributed by atoms with Gasteiger partial charge in [-0.05, 0) is 6.92 Å². The summed E-state index contributed by atoms with van der Waals surface area (Å²) >= 11 is 0. The van der Waals surface area contributed by atoms with E-state index in [-0.39, 0.29) is 6.54 Å². The molecule has 0 atom stereocenters. The molecule has 0 radical (unpaired) electrons. The molecule has 0 saturated carbocycles. The van der Waals surface area contributed by atoms with E-state index in [1.807, 2.05) is 0 Å². The van der Waals surface area contributed by atoms with Gasteiger partial charge in [0.15, 0.2) is 0 Å². The molecule has 0 bridgehead atoms. The van der Waals surface area contributed by atoms with Crippen molar-refractivity contribution in [2.24, 2.45) is 0 Å². The second kappa shape index (κ2) is 3.82. The van der Waals surface area contributed by atoms with Crippen molar-refractivity contribution >= 4 is 19.7 Å². The number of aromatic nitrogens is 2. The number of rotatable bonds is 3. The highest BCUT2D eigenvalue weighted by Crippen LogP contribution is 2.28. The molecule has 0 N–H and O–H groups in total. The van der Waals surface area contributed by atoms with Gasteiger partial charge >= 0.3 is 0 Å². The molecule has 1 aromatic rings. The lowest BCUT2D eigenvalue weighted by Gasteiger charge is -2.04. The van der Waals surface area contributed by atoms with Gasteiger partial charge in [-0.1, -0.05) is 0 Å². The maximum atomic E-state index is 12.5. The van der Waals surface area contributed by atoms with E-state index >= 15 is 0 Å². The summed E-state index contributed by atoms with van der Waals surface area (Å²) in [4.78, 5) is -0.629. The van der Waals surface area contributed by atoms with Gasteiger partial charge in [-0.25, -0.2) is 17.2 Å². The Labute approximate surface area is 83.9 Å². The number of halogens is 3. The van der Waals surface area contributed by atoms with Crippen LogP contribution < -0.4 is 0 Å². The Hall–Kier alpha value is -0.690. The maximum absolute atomic E-state index is 12.5. The Morgan fingerprint density at radius 2 is 2.21 bits per heavy atom. The van der Waals surface area contributed by atoms with Gasteiger partial charge in [0.2, 0.25) is 0 Å². The van der Waals surface area contributed by atoms with Gasteiger partial charge in [-0.2, -0.15) is 5.10 Å². The minimum absolute atomic E-state index is 0.159. The fourth-order valence-corrected chi connectivity index (χ4v) is 2.01. The first-order chi connectivity index (χ1) is 6.38. The molecule has 0 aliphatic rings. The molecule has 0 amide bonds. The second-order valence-electron chi connectivity index (χ2n) is 2.45. The normalized spacial score (nSPS) is 12.4. The Bertz CT molecular complexity index is 429. The zero-order chi connectivity index (χ0) is 10.9. The lowest BCUT2D eigenvalue weighted by atomic mass is 10.4. The average molecular weight is 245 g/mol. The summed E-state index contributed by atoms with van der Waals surface area (Å²) in [5, 5.41) is 3.50. The number of alkyl halides is 2. The van der Waals surface area contributed by atoms with E-state index < -0.39 is 26.1 Å². The minimum atomic E-state index is -4.16. The molecular formula is C6H7ClF2N2O2S. The predicted molar refractivity (Wildman–Crippen MR) is 45.9 cm³/mol. The molecule has 14 heavy (non-hydrogen) atoms. The third-order valence-corrected chi connectivity index (χ3v) is 2.95. The molecule has 0 spiro atoms. The lowest BCUT2D eigenvalue weighted by Crippen LogP contribution is -2.05. The van der Waals surface area contributed by atoms with Crippen molar-refractivity contribution < 1.29 is 17.2 Å². The van der Waals surface area contributed by atoms with Crippen LogP contribution in [0.5, 0.6) is 0 Å². The quantitative estimate of drug-likeness (QED) is 0.762. The smallest absolute Gasteiger partial charge is 0.263 e. The molecule has 1 aromatic heterocycles. The molecule has 0 saturated heterocycles. The Kier molecular flexibility index (Phi) is 3.10. The second-order valence-corrected chi connectivity index (χ2v) is 4.98. The first kappa shape index (κ1) is 11.4. The van der Waals surface area contributed by atoms with E-state index in [1.54, 1.807) is 6.92 Å². The van der Waals surface area contributed by atoms with E-state index in [0.717, 1.165) is 10.9 Å². The van der Waals surface area contributed by atoms with Gasteiger partial charge in [0.05, 0.1) is 6.20 Å². The van der Waals surface area contributed by atoms with Gasteiger partial charge in [-0.15, -0.1) is 0 Å². The first-order valence-electron chi connectivity index (χ1n) is 3.66. The highest BCUT2D eigenvalue weighted by Gasteiger charge is 2.26. The van der Waals surface area contributed by atoms with Crippen molar-refractivity contribution in [2.45, 2.75) is 24.8 Å². The van der Waals surface area contributed by atoms with Crippen LogP contribution in [-0.4, -0.2) is 18.2 Å². The SMILES string of the molecule is CCn1ncc(S(=O)(=O)Cl)c1C(F)F. The van der Waals surface area contributed by atoms with Gasteiger partial charge < -0.3 is 0 Å². The Morgan fingerprint density at radius 3 is 2.57 bits per heavy atom. The van der Waals surface area contributed by atoms with Gasteiger partial charge in [0.25, 0.3) is 15.5 Å². The van der Waals surface area contributed by atoms with Crippen LogP contribution >= 0.6 is 10.7 Å². The first-order valence-corrected chi connectivity index (χ1v) is 5.97. The topological polar surface area (TPSA) is 52.0 Å². The molecule has 4 nitrogen and oxygen atoms in total. The van der Waals surface area contributed by atoms with Crippen molar-refractivity contribution in [2.75, 3.05) is 0 Å². The van der Waals surface area contributed by atoms with E-state index in [4.69, 9.17) is 10.7 Å². The van der Waals surface area contributed by atoms with Gasteiger partial charge in [0.1, 0.15) is 10.6 Å². The summed E-state index contributed by atoms with van der Waals surface area (Å²) in [7, 11) is 0.805. The van der Waals surface area contributed by atoms with Gasteiger partial charge in [-0.3, -0.25) is 4.68 Å². The van der Waals surface area contributed by atoms with E-state index in [9.17, 15) is 17.2 Å². The van der Waals surface area contributed by atoms with E-state index in [0.29, 0.717) is 0 Å². The van der Waals surface area contributed by atoms with Crippen LogP contribution in [-0.2, 0) is 15.6 Å². The molecule has 8 heteroatoms. The van der Waals surface area contributed by atoms with Crippen molar-refractivity contribution in [3.05, 3.63) is 11.9 Å².